The quantitative estimate of drug-likeness (QED) is 0.689. The van der Waals surface area contributed by atoms with Crippen LogP contribution in [0.2, 0.25) is 0 Å². The molecule has 0 aliphatic heterocycles. The Balaban J connectivity index is 2.15. The number of aryl methyl sites for hydroxylation is 3. The standard InChI is InChI=1S/C21H25N5O3/c1-13-6-7-16(8-14(13)2)19-9-18(20(27)23-15(3)12-29-5)21(28)26(24-19)17-10-22-25(4)11-17/h6-11,15H,12H2,1-5H3,(H,23,27)/t15-/m0/s1. The van der Waals surface area contributed by atoms with Crippen LogP contribution in [0.15, 0.2) is 41.5 Å². The molecule has 0 saturated heterocycles. The summed E-state index contributed by atoms with van der Waals surface area (Å²) in [6.07, 6.45) is 3.21. The first kappa shape index (κ1) is 20.5. The molecule has 3 aromatic rings. The van der Waals surface area contributed by atoms with Crippen molar-refractivity contribution in [1.82, 2.24) is 24.9 Å². The van der Waals surface area contributed by atoms with Crippen molar-refractivity contribution in [3.8, 4) is 16.9 Å². The van der Waals surface area contributed by atoms with Crippen molar-refractivity contribution in [3.05, 3.63) is 63.7 Å². The lowest BCUT2D eigenvalue weighted by molar-refractivity contribution is 0.0903. The summed E-state index contributed by atoms with van der Waals surface area (Å²) < 4.78 is 7.85. The second-order valence-corrected chi connectivity index (χ2v) is 7.16. The molecular weight excluding hydrogens is 370 g/mol. The molecule has 8 heteroatoms. The fourth-order valence-corrected chi connectivity index (χ4v) is 2.98. The van der Waals surface area contributed by atoms with E-state index >= 15 is 0 Å². The minimum atomic E-state index is -0.507. The van der Waals surface area contributed by atoms with Gasteiger partial charge >= 0.3 is 0 Å². The molecular formula is C21H25N5O3. The number of ether oxygens (including phenoxy) is 1. The summed E-state index contributed by atoms with van der Waals surface area (Å²) in [5.74, 6) is -0.468. The third-order valence-corrected chi connectivity index (χ3v) is 4.69. The molecule has 0 aliphatic carbocycles. The predicted molar refractivity (Wildman–Crippen MR) is 110 cm³/mol. The largest absolute Gasteiger partial charge is 0.383 e. The number of methoxy groups -OCH3 is 1. The van der Waals surface area contributed by atoms with Crippen LogP contribution in [0, 0.1) is 13.8 Å². The number of carbonyl (C=O) groups excluding carboxylic acids is 1. The molecule has 3 rings (SSSR count). The van der Waals surface area contributed by atoms with Gasteiger partial charge in [-0.2, -0.15) is 14.9 Å². The van der Waals surface area contributed by atoms with Crippen LogP contribution < -0.4 is 10.9 Å². The summed E-state index contributed by atoms with van der Waals surface area (Å²) in [4.78, 5) is 25.9. The van der Waals surface area contributed by atoms with Crippen LogP contribution >= 0.6 is 0 Å². The second-order valence-electron chi connectivity index (χ2n) is 7.16. The molecule has 1 aromatic carbocycles. The maximum absolute atomic E-state index is 13.0. The molecule has 8 nitrogen and oxygen atoms in total. The molecule has 0 bridgehead atoms. The van der Waals surface area contributed by atoms with Crippen molar-refractivity contribution in [2.75, 3.05) is 13.7 Å². The number of benzene rings is 1. The first-order valence-corrected chi connectivity index (χ1v) is 9.31. The smallest absolute Gasteiger partial charge is 0.284 e. The third kappa shape index (κ3) is 4.43. The van der Waals surface area contributed by atoms with E-state index in [0.717, 1.165) is 16.7 Å². The number of nitrogens with zero attached hydrogens (tertiary/aromatic N) is 4. The molecule has 2 aromatic heterocycles. The van der Waals surface area contributed by atoms with Gasteiger partial charge in [0.25, 0.3) is 11.5 Å². The number of hydrogen-bond acceptors (Lipinski definition) is 5. The normalized spacial score (nSPS) is 12.0. The molecule has 0 saturated carbocycles. The predicted octanol–water partition coefficient (Wildman–Crippen LogP) is 2.01. The molecule has 0 unspecified atom stereocenters. The SMILES string of the molecule is COC[C@H](C)NC(=O)c1cc(-c2ccc(C)c(C)c2)nn(-c2cnn(C)c2)c1=O. The highest BCUT2D eigenvalue weighted by atomic mass is 16.5. The number of amides is 1. The van der Waals surface area contributed by atoms with Crippen LogP contribution in [0.3, 0.4) is 0 Å². The van der Waals surface area contributed by atoms with Crippen LogP contribution in [0.25, 0.3) is 16.9 Å². The Bertz CT molecular complexity index is 1100. The molecule has 1 atom stereocenters. The highest BCUT2D eigenvalue weighted by Crippen LogP contribution is 2.21. The van der Waals surface area contributed by atoms with Gasteiger partial charge in [0.15, 0.2) is 0 Å². The first-order chi connectivity index (χ1) is 13.8. The lowest BCUT2D eigenvalue weighted by atomic mass is 10.0. The van der Waals surface area contributed by atoms with E-state index in [0.29, 0.717) is 18.0 Å². The summed E-state index contributed by atoms with van der Waals surface area (Å²) >= 11 is 0. The maximum atomic E-state index is 13.0. The van der Waals surface area contributed by atoms with E-state index in [2.05, 4.69) is 15.5 Å². The number of hydrogen-bond donors (Lipinski definition) is 1. The number of aromatic nitrogens is 4. The summed E-state index contributed by atoms with van der Waals surface area (Å²) in [7, 11) is 3.31. The fourth-order valence-electron chi connectivity index (χ4n) is 2.98. The van der Waals surface area contributed by atoms with Crippen molar-refractivity contribution in [1.29, 1.82) is 0 Å². The zero-order valence-corrected chi connectivity index (χ0v) is 17.3. The minimum Gasteiger partial charge on any atom is -0.383 e. The van der Waals surface area contributed by atoms with E-state index < -0.39 is 11.5 Å². The lowest BCUT2D eigenvalue weighted by Gasteiger charge is -2.14. The molecule has 1 amide bonds. The van der Waals surface area contributed by atoms with Gasteiger partial charge in [0.1, 0.15) is 11.3 Å². The number of carbonyl (C=O) groups is 1. The molecule has 29 heavy (non-hydrogen) atoms. The molecule has 0 spiro atoms. The van der Waals surface area contributed by atoms with Gasteiger partial charge in [-0.15, -0.1) is 0 Å². The Morgan fingerprint density at radius 2 is 2.00 bits per heavy atom. The number of rotatable bonds is 6. The van der Waals surface area contributed by atoms with Gasteiger partial charge in [-0.3, -0.25) is 14.3 Å². The summed E-state index contributed by atoms with van der Waals surface area (Å²) in [5, 5.41) is 11.4. The Kier molecular flexibility index (Phi) is 5.93. The summed E-state index contributed by atoms with van der Waals surface area (Å²) in [5.41, 5.74) is 3.60. The van der Waals surface area contributed by atoms with Crippen molar-refractivity contribution in [2.24, 2.45) is 7.05 Å². The fraction of sp³-hybridized carbons (Fsp3) is 0.333. The lowest BCUT2D eigenvalue weighted by Crippen LogP contribution is -2.39. The molecule has 152 valence electrons. The van der Waals surface area contributed by atoms with E-state index in [4.69, 9.17) is 4.74 Å². The van der Waals surface area contributed by atoms with Gasteiger partial charge < -0.3 is 10.1 Å². The zero-order valence-electron chi connectivity index (χ0n) is 17.3. The molecule has 0 fully saturated rings. The number of nitrogens with one attached hydrogen (secondary N) is 1. The summed E-state index contributed by atoms with van der Waals surface area (Å²) in [6.45, 7) is 6.19. The van der Waals surface area contributed by atoms with Crippen LogP contribution in [0.4, 0.5) is 0 Å². The van der Waals surface area contributed by atoms with Crippen LogP contribution in [-0.2, 0) is 11.8 Å². The van der Waals surface area contributed by atoms with E-state index in [-0.39, 0.29) is 11.6 Å². The molecule has 2 heterocycles. The van der Waals surface area contributed by atoms with Crippen LogP contribution in [-0.4, -0.2) is 45.2 Å². The van der Waals surface area contributed by atoms with Gasteiger partial charge in [-0.1, -0.05) is 12.1 Å². The first-order valence-electron chi connectivity index (χ1n) is 9.31. The Hall–Kier alpha value is -3.26. The van der Waals surface area contributed by atoms with Gasteiger partial charge in [0.2, 0.25) is 0 Å². The monoisotopic (exact) mass is 395 g/mol. The molecule has 0 radical (unpaired) electrons. The maximum Gasteiger partial charge on any atom is 0.284 e. The highest BCUT2D eigenvalue weighted by molar-refractivity contribution is 5.95. The Morgan fingerprint density at radius 1 is 1.24 bits per heavy atom. The minimum absolute atomic E-state index is 0.0139. The molecule has 0 aliphatic rings. The average Bonchev–Trinajstić information content (AvgIpc) is 3.10. The van der Waals surface area contributed by atoms with Crippen molar-refractivity contribution in [3.63, 3.8) is 0 Å². The molecule has 1 N–H and O–H groups in total. The van der Waals surface area contributed by atoms with E-state index in [1.807, 2.05) is 39.0 Å². The topological polar surface area (TPSA) is 91.0 Å². The average molecular weight is 395 g/mol. The van der Waals surface area contributed by atoms with Crippen LogP contribution in [0.1, 0.15) is 28.4 Å². The second kappa shape index (κ2) is 8.40. The van der Waals surface area contributed by atoms with Gasteiger partial charge in [-0.05, 0) is 44.0 Å². The highest BCUT2D eigenvalue weighted by Gasteiger charge is 2.19. The Morgan fingerprint density at radius 3 is 2.62 bits per heavy atom. The van der Waals surface area contributed by atoms with E-state index in [1.54, 1.807) is 25.0 Å². The van der Waals surface area contributed by atoms with Gasteiger partial charge in [-0.25, -0.2) is 0 Å². The van der Waals surface area contributed by atoms with Crippen molar-refractivity contribution < 1.29 is 9.53 Å². The van der Waals surface area contributed by atoms with Gasteiger partial charge in [0.05, 0.1) is 24.7 Å². The zero-order chi connectivity index (χ0) is 21.1. The summed E-state index contributed by atoms with van der Waals surface area (Å²) in [6, 6.07) is 7.21. The van der Waals surface area contributed by atoms with Crippen LogP contribution in [0.5, 0.6) is 0 Å². The van der Waals surface area contributed by atoms with Crippen molar-refractivity contribution in [2.45, 2.75) is 26.8 Å². The van der Waals surface area contributed by atoms with E-state index in [9.17, 15) is 9.59 Å². The van der Waals surface area contributed by atoms with Crippen molar-refractivity contribution >= 4 is 5.91 Å². The Labute approximate surface area is 169 Å². The van der Waals surface area contributed by atoms with Gasteiger partial charge in [0, 0.05) is 25.8 Å². The third-order valence-electron chi connectivity index (χ3n) is 4.69. The van der Waals surface area contributed by atoms with E-state index in [1.165, 1.54) is 16.9 Å².